The molecule has 0 aromatic heterocycles. The molecule has 1 rings (SSSR count). The maximum atomic E-state index is 12.7. The van der Waals surface area contributed by atoms with Crippen LogP contribution in [0.5, 0.6) is 0 Å². The number of hydrogen-bond donors (Lipinski definition) is 0. The standard InChI is InChI=1S/C18H33N3O3/c1-16(2,3)13(22)19-10-20(14(23)17(4,5)6)12-21(11-19)15(24)18(7,8)9/h10-12H2,1-9H3. The van der Waals surface area contributed by atoms with Gasteiger partial charge in [-0.15, -0.1) is 0 Å². The van der Waals surface area contributed by atoms with Gasteiger partial charge in [-0.05, 0) is 0 Å². The molecule has 0 bridgehead atoms. The van der Waals surface area contributed by atoms with Crippen LogP contribution in [0.2, 0.25) is 0 Å². The summed E-state index contributed by atoms with van der Waals surface area (Å²) in [5, 5.41) is 0. The van der Waals surface area contributed by atoms with E-state index in [1.165, 1.54) is 0 Å². The van der Waals surface area contributed by atoms with E-state index in [4.69, 9.17) is 0 Å². The predicted octanol–water partition coefficient (Wildman–Crippen LogP) is 2.50. The van der Waals surface area contributed by atoms with E-state index in [0.29, 0.717) is 0 Å². The van der Waals surface area contributed by atoms with Gasteiger partial charge < -0.3 is 14.7 Å². The van der Waals surface area contributed by atoms with Crippen LogP contribution in [0.1, 0.15) is 62.3 Å². The van der Waals surface area contributed by atoms with Crippen molar-refractivity contribution >= 4 is 17.7 Å². The molecule has 138 valence electrons. The minimum Gasteiger partial charge on any atom is -0.306 e. The Morgan fingerprint density at radius 2 is 0.667 bits per heavy atom. The molecule has 0 saturated carbocycles. The Labute approximate surface area is 146 Å². The average Bonchev–Trinajstić information content (AvgIpc) is 2.41. The second-order valence-electron chi connectivity index (χ2n) is 9.71. The monoisotopic (exact) mass is 339 g/mol. The highest BCUT2D eigenvalue weighted by atomic mass is 16.2. The molecule has 24 heavy (non-hydrogen) atoms. The van der Waals surface area contributed by atoms with E-state index in [1.807, 2.05) is 62.3 Å². The quantitative estimate of drug-likeness (QED) is 0.681. The Kier molecular flexibility index (Phi) is 5.43. The van der Waals surface area contributed by atoms with Crippen LogP contribution in [0.4, 0.5) is 0 Å². The lowest BCUT2D eigenvalue weighted by molar-refractivity contribution is -0.168. The van der Waals surface area contributed by atoms with Gasteiger partial charge in [0.25, 0.3) is 0 Å². The number of rotatable bonds is 0. The summed E-state index contributed by atoms with van der Waals surface area (Å²) in [4.78, 5) is 42.9. The number of amides is 3. The first-order valence-electron chi connectivity index (χ1n) is 8.43. The molecule has 0 aliphatic carbocycles. The van der Waals surface area contributed by atoms with E-state index < -0.39 is 16.2 Å². The topological polar surface area (TPSA) is 60.9 Å². The van der Waals surface area contributed by atoms with Crippen LogP contribution in [0.25, 0.3) is 0 Å². The molecule has 1 aliphatic heterocycles. The van der Waals surface area contributed by atoms with Gasteiger partial charge in [0.1, 0.15) is 0 Å². The highest BCUT2D eigenvalue weighted by Crippen LogP contribution is 2.26. The van der Waals surface area contributed by atoms with Gasteiger partial charge in [-0.2, -0.15) is 0 Å². The molecule has 0 radical (unpaired) electrons. The number of hydrogen-bond acceptors (Lipinski definition) is 3. The Balaban J connectivity index is 3.14. The molecule has 1 heterocycles. The number of carbonyl (C=O) groups is 3. The summed E-state index contributed by atoms with van der Waals surface area (Å²) < 4.78 is 0. The van der Waals surface area contributed by atoms with Crippen molar-refractivity contribution in [3.63, 3.8) is 0 Å². The largest absolute Gasteiger partial charge is 0.306 e. The maximum absolute atomic E-state index is 12.7. The zero-order valence-electron chi connectivity index (χ0n) is 16.7. The third-order valence-electron chi connectivity index (χ3n) is 3.81. The van der Waals surface area contributed by atoms with Crippen LogP contribution in [0.15, 0.2) is 0 Å². The van der Waals surface area contributed by atoms with Crippen LogP contribution in [0, 0.1) is 16.2 Å². The molecule has 1 saturated heterocycles. The summed E-state index contributed by atoms with van der Waals surface area (Å²) in [5.74, 6) is -0.207. The van der Waals surface area contributed by atoms with Gasteiger partial charge in [0, 0.05) is 16.2 Å². The highest BCUT2D eigenvalue weighted by molar-refractivity contribution is 5.87. The van der Waals surface area contributed by atoms with Crippen LogP contribution in [-0.2, 0) is 14.4 Å². The fourth-order valence-electron chi connectivity index (χ4n) is 2.56. The van der Waals surface area contributed by atoms with Crippen LogP contribution < -0.4 is 0 Å². The van der Waals surface area contributed by atoms with Crippen molar-refractivity contribution < 1.29 is 14.4 Å². The van der Waals surface area contributed by atoms with Gasteiger partial charge >= 0.3 is 0 Å². The predicted molar refractivity (Wildman–Crippen MR) is 93.5 cm³/mol. The molecule has 0 unspecified atom stereocenters. The van der Waals surface area contributed by atoms with Crippen molar-refractivity contribution in [2.45, 2.75) is 62.3 Å². The van der Waals surface area contributed by atoms with E-state index >= 15 is 0 Å². The maximum Gasteiger partial charge on any atom is 0.230 e. The smallest absolute Gasteiger partial charge is 0.230 e. The molecular formula is C18H33N3O3. The van der Waals surface area contributed by atoms with Crippen LogP contribution in [0.3, 0.4) is 0 Å². The molecular weight excluding hydrogens is 306 g/mol. The van der Waals surface area contributed by atoms with Crippen molar-refractivity contribution in [1.29, 1.82) is 0 Å². The molecule has 1 fully saturated rings. The third kappa shape index (κ3) is 4.71. The van der Waals surface area contributed by atoms with Crippen molar-refractivity contribution in [2.75, 3.05) is 20.0 Å². The molecule has 0 aromatic rings. The number of nitrogens with zero attached hydrogens (tertiary/aromatic N) is 3. The fourth-order valence-corrected chi connectivity index (χ4v) is 2.56. The average molecular weight is 339 g/mol. The number of carbonyl (C=O) groups excluding carboxylic acids is 3. The van der Waals surface area contributed by atoms with E-state index in [1.54, 1.807) is 14.7 Å². The van der Waals surface area contributed by atoms with E-state index in [2.05, 4.69) is 0 Å². The van der Waals surface area contributed by atoms with E-state index in [0.717, 1.165) is 0 Å². The molecule has 0 spiro atoms. The van der Waals surface area contributed by atoms with Crippen molar-refractivity contribution in [1.82, 2.24) is 14.7 Å². The van der Waals surface area contributed by atoms with Gasteiger partial charge in [0.05, 0.1) is 20.0 Å². The van der Waals surface area contributed by atoms with Crippen LogP contribution >= 0.6 is 0 Å². The first-order valence-corrected chi connectivity index (χ1v) is 8.43. The summed E-state index contributed by atoms with van der Waals surface area (Å²) in [6.45, 7) is 17.3. The first kappa shape index (κ1) is 20.5. The Morgan fingerprint density at radius 1 is 0.500 bits per heavy atom. The van der Waals surface area contributed by atoms with Crippen molar-refractivity contribution in [2.24, 2.45) is 16.2 Å². The lowest BCUT2D eigenvalue weighted by Gasteiger charge is -2.46. The van der Waals surface area contributed by atoms with Gasteiger partial charge in [-0.3, -0.25) is 14.4 Å². The Hall–Kier alpha value is -1.59. The summed E-state index contributed by atoms with van der Waals surface area (Å²) in [6, 6.07) is 0. The molecule has 3 amide bonds. The molecule has 0 atom stereocenters. The van der Waals surface area contributed by atoms with Crippen molar-refractivity contribution in [3.05, 3.63) is 0 Å². The zero-order chi connectivity index (χ0) is 19.1. The summed E-state index contributed by atoms with van der Waals surface area (Å²) >= 11 is 0. The third-order valence-corrected chi connectivity index (χ3v) is 3.81. The van der Waals surface area contributed by atoms with Crippen LogP contribution in [-0.4, -0.2) is 52.4 Å². The second kappa shape index (κ2) is 6.37. The Morgan fingerprint density at radius 3 is 0.792 bits per heavy atom. The summed E-state index contributed by atoms with van der Waals surface area (Å²) in [5.41, 5.74) is -1.70. The van der Waals surface area contributed by atoms with Gasteiger partial charge in [-0.25, -0.2) is 0 Å². The summed E-state index contributed by atoms with van der Waals surface area (Å²) in [7, 11) is 0. The minimum atomic E-state index is -0.565. The lowest BCUT2D eigenvalue weighted by atomic mass is 9.93. The normalized spacial score (nSPS) is 17.1. The second-order valence-corrected chi connectivity index (χ2v) is 9.71. The summed E-state index contributed by atoms with van der Waals surface area (Å²) in [6.07, 6.45) is 0. The van der Waals surface area contributed by atoms with Crippen molar-refractivity contribution in [3.8, 4) is 0 Å². The highest BCUT2D eigenvalue weighted by Gasteiger charge is 2.40. The van der Waals surface area contributed by atoms with Gasteiger partial charge in [0.2, 0.25) is 17.7 Å². The first-order chi connectivity index (χ1) is 10.5. The van der Waals surface area contributed by atoms with Gasteiger partial charge in [-0.1, -0.05) is 62.3 Å². The van der Waals surface area contributed by atoms with E-state index in [-0.39, 0.29) is 37.7 Å². The Bertz CT molecular complexity index is 439. The molecule has 1 aliphatic rings. The fraction of sp³-hybridized carbons (Fsp3) is 0.833. The molecule has 6 heteroatoms. The minimum absolute atomic E-state index is 0.0689. The lowest BCUT2D eigenvalue weighted by Crippen LogP contribution is -2.63. The molecule has 0 aromatic carbocycles. The SMILES string of the molecule is CC(C)(C)C(=O)N1CN(C(=O)C(C)(C)C)CN(C(=O)C(C)(C)C)C1. The molecule has 6 nitrogen and oxygen atoms in total. The van der Waals surface area contributed by atoms with Gasteiger partial charge in [0.15, 0.2) is 0 Å². The van der Waals surface area contributed by atoms with E-state index in [9.17, 15) is 14.4 Å². The molecule has 0 N–H and O–H groups in total. The zero-order valence-corrected chi connectivity index (χ0v) is 16.7.